The van der Waals surface area contributed by atoms with E-state index in [2.05, 4.69) is 4.98 Å². The number of hydrogen-bond donors (Lipinski definition) is 1. The van der Waals surface area contributed by atoms with Gasteiger partial charge in [-0.15, -0.1) is 0 Å². The Kier molecular flexibility index (Phi) is 6.14. The van der Waals surface area contributed by atoms with Crippen LogP contribution < -0.4 is 0 Å². The lowest BCUT2D eigenvalue weighted by Gasteiger charge is -2.27. The first-order valence-corrected chi connectivity index (χ1v) is 10.4. The normalized spacial score (nSPS) is 16.1. The van der Waals surface area contributed by atoms with Gasteiger partial charge in [0.15, 0.2) is 11.5 Å². The van der Waals surface area contributed by atoms with E-state index in [1.807, 2.05) is 30.3 Å². The van der Waals surface area contributed by atoms with Crippen molar-refractivity contribution in [3.8, 4) is 0 Å². The molecule has 0 aliphatic carbocycles. The van der Waals surface area contributed by atoms with Crippen LogP contribution in [0.3, 0.4) is 0 Å². The van der Waals surface area contributed by atoms with Crippen molar-refractivity contribution in [1.82, 2.24) is 9.88 Å². The van der Waals surface area contributed by atoms with Crippen LogP contribution in [-0.4, -0.2) is 26.7 Å². The van der Waals surface area contributed by atoms with E-state index in [4.69, 9.17) is 11.6 Å². The molecule has 1 N–H and O–H groups in total. The summed E-state index contributed by atoms with van der Waals surface area (Å²) in [7, 11) is 0. The molecule has 1 atom stereocenters. The first-order valence-electron chi connectivity index (χ1n) is 10.00. The number of aliphatic hydroxyl groups excluding tert-OH is 1. The lowest BCUT2D eigenvalue weighted by Crippen LogP contribution is -2.30. The Hall–Kier alpha value is -3.44. The number of rotatable bonds is 7. The van der Waals surface area contributed by atoms with E-state index >= 15 is 0 Å². The summed E-state index contributed by atoms with van der Waals surface area (Å²) in [5.41, 5.74) is 2.74. The summed E-state index contributed by atoms with van der Waals surface area (Å²) >= 11 is 6.04. The number of halogens is 1. The van der Waals surface area contributed by atoms with Crippen molar-refractivity contribution in [2.75, 3.05) is 0 Å². The van der Waals surface area contributed by atoms with Gasteiger partial charge in [-0.2, -0.15) is 0 Å². The average Bonchev–Trinajstić information content (AvgIpc) is 3.04. The second kappa shape index (κ2) is 9.14. The highest BCUT2D eigenvalue weighted by atomic mass is 35.5. The third-order valence-electron chi connectivity index (χ3n) is 5.38. The molecule has 1 aromatic heterocycles. The predicted molar refractivity (Wildman–Crippen MR) is 118 cm³/mol. The van der Waals surface area contributed by atoms with Gasteiger partial charge in [-0.25, -0.2) is 0 Å². The Morgan fingerprint density at radius 1 is 0.968 bits per heavy atom. The SMILES string of the molecule is O=C(CCc1ccccc1)C1=C(O)C(=O)N(Cc2ccncc2)C1c1ccc(Cl)cc1. The molecule has 1 aliphatic rings. The summed E-state index contributed by atoms with van der Waals surface area (Å²) in [6.07, 6.45) is 4.02. The summed E-state index contributed by atoms with van der Waals surface area (Å²) in [4.78, 5) is 31.7. The van der Waals surface area contributed by atoms with Crippen molar-refractivity contribution in [1.29, 1.82) is 0 Å². The maximum atomic E-state index is 13.2. The summed E-state index contributed by atoms with van der Waals surface area (Å²) in [6.45, 7) is 0.244. The number of pyridine rings is 1. The minimum Gasteiger partial charge on any atom is -0.503 e. The summed E-state index contributed by atoms with van der Waals surface area (Å²) in [5, 5.41) is 11.2. The summed E-state index contributed by atoms with van der Waals surface area (Å²) < 4.78 is 0. The highest BCUT2D eigenvalue weighted by Crippen LogP contribution is 2.39. The summed E-state index contributed by atoms with van der Waals surface area (Å²) in [5.74, 6) is -1.28. The molecule has 0 saturated carbocycles. The molecule has 1 amide bonds. The Morgan fingerprint density at radius 3 is 2.32 bits per heavy atom. The monoisotopic (exact) mass is 432 g/mol. The number of amides is 1. The van der Waals surface area contributed by atoms with E-state index in [0.717, 1.165) is 16.7 Å². The van der Waals surface area contributed by atoms with Crippen molar-refractivity contribution < 1.29 is 14.7 Å². The average molecular weight is 433 g/mol. The fourth-order valence-electron chi connectivity index (χ4n) is 3.82. The van der Waals surface area contributed by atoms with Gasteiger partial charge in [-0.3, -0.25) is 14.6 Å². The highest BCUT2D eigenvalue weighted by Gasteiger charge is 2.43. The fourth-order valence-corrected chi connectivity index (χ4v) is 3.94. The second-order valence-corrected chi connectivity index (χ2v) is 7.85. The molecule has 4 rings (SSSR count). The van der Waals surface area contributed by atoms with Crippen molar-refractivity contribution >= 4 is 23.3 Å². The fraction of sp³-hybridized carbons (Fsp3) is 0.160. The lowest BCUT2D eigenvalue weighted by molar-refractivity contribution is -0.130. The van der Waals surface area contributed by atoms with Crippen molar-refractivity contribution in [3.63, 3.8) is 0 Å². The van der Waals surface area contributed by atoms with Crippen LogP contribution in [0.2, 0.25) is 5.02 Å². The molecule has 1 aliphatic heterocycles. The van der Waals surface area contributed by atoms with E-state index in [0.29, 0.717) is 11.4 Å². The number of carbonyl (C=O) groups is 2. The number of Topliss-reactive ketones (excluding diaryl/α,β-unsaturated/α-hetero) is 1. The van der Waals surface area contributed by atoms with Crippen LogP contribution in [0.5, 0.6) is 0 Å². The molecule has 0 spiro atoms. The number of aryl methyl sites for hydroxylation is 1. The number of ketones is 1. The smallest absolute Gasteiger partial charge is 0.290 e. The van der Waals surface area contributed by atoms with E-state index < -0.39 is 17.7 Å². The van der Waals surface area contributed by atoms with Gasteiger partial charge in [0.25, 0.3) is 5.91 Å². The molecule has 156 valence electrons. The molecule has 0 fully saturated rings. The van der Waals surface area contributed by atoms with E-state index in [-0.39, 0.29) is 24.3 Å². The Morgan fingerprint density at radius 2 is 1.65 bits per heavy atom. The molecule has 2 heterocycles. The molecular weight excluding hydrogens is 412 g/mol. The van der Waals surface area contributed by atoms with Gasteiger partial charge in [0.2, 0.25) is 0 Å². The second-order valence-electron chi connectivity index (χ2n) is 7.41. The third kappa shape index (κ3) is 4.52. The quantitative estimate of drug-likeness (QED) is 0.580. The van der Waals surface area contributed by atoms with Gasteiger partial charge in [0.05, 0.1) is 11.6 Å². The first-order chi connectivity index (χ1) is 15.0. The number of nitrogens with zero attached hydrogens (tertiary/aromatic N) is 2. The minimum atomic E-state index is -0.679. The zero-order valence-corrected chi connectivity index (χ0v) is 17.5. The third-order valence-corrected chi connectivity index (χ3v) is 5.63. The molecule has 5 nitrogen and oxygen atoms in total. The largest absolute Gasteiger partial charge is 0.503 e. The Balaban J connectivity index is 1.66. The number of carbonyl (C=O) groups excluding carboxylic acids is 2. The predicted octanol–water partition coefficient (Wildman–Crippen LogP) is 4.83. The first kappa shape index (κ1) is 20.8. The number of hydrogen-bond acceptors (Lipinski definition) is 4. The number of aromatic nitrogens is 1. The molecule has 0 bridgehead atoms. The van der Waals surface area contributed by atoms with Crippen LogP contribution in [0.25, 0.3) is 0 Å². The topological polar surface area (TPSA) is 70.5 Å². The molecular formula is C25H21ClN2O3. The van der Waals surface area contributed by atoms with Gasteiger partial charge >= 0.3 is 0 Å². The van der Waals surface area contributed by atoms with Gasteiger partial charge in [-0.1, -0.05) is 54.1 Å². The van der Waals surface area contributed by atoms with Crippen LogP contribution >= 0.6 is 11.6 Å². The summed E-state index contributed by atoms with van der Waals surface area (Å²) in [6, 6.07) is 19.6. The van der Waals surface area contributed by atoms with Crippen molar-refractivity contribution in [3.05, 3.63) is 112 Å². The highest BCUT2D eigenvalue weighted by molar-refractivity contribution is 6.30. The van der Waals surface area contributed by atoms with Gasteiger partial charge in [0, 0.05) is 30.4 Å². The standard InChI is InChI=1S/C25H21ClN2O3/c26-20-9-7-19(8-10-20)23-22(21(29)11-6-17-4-2-1-3-5-17)24(30)25(31)28(23)16-18-12-14-27-15-13-18/h1-5,7-10,12-15,23,30H,6,11,16H2. The van der Waals surface area contributed by atoms with E-state index in [1.54, 1.807) is 48.8 Å². The van der Waals surface area contributed by atoms with Crippen LogP contribution in [0, 0.1) is 0 Å². The Bertz CT molecular complexity index is 1110. The van der Waals surface area contributed by atoms with Gasteiger partial charge in [-0.05, 0) is 47.4 Å². The van der Waals surface area contributed by atoms with E-state index in [1.165, 1.54) is 4.90 Å². The molecule has 3 aromatic rings. The maximum absolute atomic E-state index is 13.2. The molecule has 2 aromatic carbocycles. The van der Waals surface area contributed by atoms with Crippen LogP contribution in [-0.2, 0) is 22.6 Å². The molecule has 6 heteroatoms. The molecule has 31 heavy (non-hydrogen) atoms. The van der Waals surface area contributed by atoms with Crippen LogP contribution in [0.4, 0.5) is 0 Å². The van der Waals surface area contributed by atoms with Crippen LogP contribution in [0.1, 0.15) is 29.2 Å². The molecule has 0 saturated heterocycles. The zero-order valence-electron chi connectivity index (χ0n) is 16.7. The van der Waals surface area contributed by atoms with Crippen molar-refractivity contribution in [2.24, 2.45) is 0 Å². The zero-order chi connectivity index (χ0) is 21.8. The molecule has 1 unspecified atom stereocenters. The maximum Gasteiger partial charge on any atom is 0.290 e. The number of benzene rings is 2. The van der Waals surface area contributed by atoms with Gasteiger partial charge < -0.3 is 10.0 Å². The van der Waals surface area contributed by atoms with Crippen LogP contribution in [0.15, 0.2) is 90.5 Å². The minimum absolute atomic E-state index is 0.136. The van der Waals surface area contributed by atoms with Gasteiger partial charge in [0.1, 0.15) is 0 Å². The molecule has 0 radical (unpaired) electrons. The Labute approximate surface area is 185 Å². The van der Waals surface area contributed by atoms with E-state index in [9.17, 15) is 14.7 Å². The van der Waals surface area contributed by atoms with Crippen molar-refractivity contribution in [2.45, 2.75) is 25.4 Å². The lowest BCUT2D eigenvalue weighted by atomic mass is 9.93. The number of aliphatic hydroxyl groups is 1.